The van der Waals surface area contributed by atoms with Gasteiger partial charge in [0.15, 0.2) is 0 Å². The summed E-state index contributed by atoms with van der Waals surface area (Å²) >= 11 is 0. The second-order valence-electron chi connectivity index (χ2n) is 8.96. The van der Waals surface area contributed by atoms with Crippen molar-refractivity contribution in [3.8, 4) is 0 Å². The zero-order valence-corrected chi connectivity index (χ0v) is 18.4. The Morgan fingerprint density at radius 3 is 2.71 bits per heavy atom. The van der Waals surface area contributed by atoms with Crippen LogP contribution >= 0.6 is 0 Å². The third kappa shape index (κ3) is 4.37. The Bertz CT molecular complexity index is 819. The fourth-order valence-corrected chi connectivity index (χ4v) is 4.45. The van der Waals surface area contributed by atoms with Gasteiger partial charge >= 0.3 is 0 Å². The predicted octanol–water partition coefficient (Wildman–Crippen LogP) is 5.58. The van der Waals surface area contributed by atoms with Crippen LogP contribution in [0, 0.1) is 25.2 Å². The van der Waals surface area contributed by atoms with Gasteiger partial charge in [0.2, 0.25) is 0 Å². The van der Waals surface area contributed by atoms with E-state index in [1.165, 1.54) is 45.5 Å². The summed E-state index contributed by atoms with van der Waals surface area (Å²) in [6.45, 7) is 14.3. The quantitative estimate of drug-likeness (QED) is 0.447. The van der Waals surface area contributed by atoms with Gasteiger partial charge in [-0.15, -0.1) is 0 Å². The van der Waals surface area contributed by atoms with Crippen LogP contribution in [0.2, 0.25) is 0 Å². The Labute approximate surface area is 172 Å². The molecule has 0 radical (unpaired) electrons. The zero-order valence-electron chi connectivity index (χ0n) is 18.4. The van der Waals surface area contributed by atoms with E-state index in [0.29, 0.717) is 5.92 Å². The van der Waals surface area contributed by atoms with Crippen LogP contribution in [0.1, 0.15) is 62.6 Å². The molecule has 2 unspecified atom stereocenters. The lowest BCUT2D eigenvalue weighted by atomic mass is 9.75. The largest absolute Gasteiger partial charge is 0.497 e. The molecule has 0 amide bonds. The number of aryl methyl sites for hydroxylation is 2. The number of hydrogen-bond acceptors (Lipinski definition) is 1. The van der Waals surface area contributed by atoms with Crippen molar-refractivity contribution >= 4 is 19.4 Å². The van der Waals surface area contributed by atoms with Gasteiger partial charge in [0.1, 0.15) is 13.6 Å². The number of fused-ring (bicyclic) bond motifs is 1. The van der Waals surface area contributed by atoms with E-state index in [0.717, 1.165) is 32.3 Å². The van der Waals surface area contributed by atoms with E-state index < -0.39 is 0 Å². The molecule has 0 bridgehead atoms. The maximum Gasteiger partial charge on any atom is 0.139 e. The van der Waals surface area contributed by atoms with Gasteiger partial charge in [0.25, 0.3) is 0 Å². The van der Waals surface area contributed by atoms with Crippen molar-refractivity contribution in [2.45, 2.75) is 59.8 Å². The molecule has 1 saturated heterocycles. The molecule has 1 aliphatic heterocycles. The van der Waals surface area contributed by atoms with Crippen LogP contribution in [0.4, 0.5) is 0 Å². The van der Waals surface area contributed by atoms with Crippen molar-refractivity contribution in [3.63, 3.8) is 0 Å². The summed E-state index contributed by atoms with van der Waals surface area (Å²) in [7, 11) is 2.20. The summed E-state index contributed by atoms with van der Waals surface area (Å²) in [5, 5.41) is 0. The average molecular weight is 374 g/mol. The first-order valence-corrected chi connectivity index (χ1v) is 10.8. The van der Waals surface area contributed by atoms with Gasteiger partial charge in [-0.05, 0) is 56.7 Å². The van der Waals surface area contributed by atoms with Gasteiger partial charge in [0, 0.05) is 11.3 Å². The topological polar surface area (TPSA) is 9.23 Å². The van der Waals surface area contributed by atoms with Gasteiger partial charge in [-0.3, -0.25) is 0 Å². The van der Waals surface area contributed by atoms with Gasteiger partial charge in [0.05, 0.1) is 6.61 Å². The first-order valence-electron chi connectivity index (χ1n) is 10.8. The highest BCUT2D eigenvalue weighted by atomic mass is 16.5. The molecule has 2 aliphatic rings. The molecule has 148 valence electrons. The van der Waals surface area contributed by atoms with Crippen LogP contribution in [0.5, 0.6) is 0 Å². The lowest BCUT2D eigenvalue weighted by molar-refractivity contribution is 0.243. The first kappa shape index (κ1) is 20.8. The Morgan fingerprint density at radius 2 is 2.04 bits per heavy atom. The van der Waals surface area contributed by atoms with Crippen LogP contribution in [0.25, 0.3) is 6.08 Å². The summed E-state index contributed by atoms with van der Waals surface area (Å²) in [4.78, 5) is 0. The molecule has 28 heavy (non-hydrogen) atoms. The number of rotatable bonds is 7. The number of allylic oxidation sites excluding steroid dienone is 6. The van der Waals surface area contributed by atoms with E-state index >= 15 is 0 Å². The Morgan fingerprint density at radius 1 is 1.32 bits per heavy atom. The van der Waals surface area contributed by atoms with Gasteiger partial charge < -0.3 is 4.74 Å². The van der Waals surface area contributed by atoms with Crippen molar-refractivity contribution in [2.75, 3.05) is 6.61 Å². The molecule has 1 fully saturated rings. The highest BCUT2D eigenvalue weighted by Crippen LogP contribution is 2.46. The molecule has 1 heterocycles. The Hall–Kier alpha value is -1.96. The standard InChI is InChI=1S/C26H35BO/c1-6-8-23(22-11-12-26(5)13-14-28-24(26)17-22)18(2)9-7-10-21-15-19(3)25(27)20(4)16-21/h7,10-11,15-17,23H,2,6,8-9,12-14,27H2,1,3-5H3/b10-7+. The van der Waals surface area contributed by atoms with E-state index in [9.17, 15) is 0 Å². The Balaban J connectivity index is 1.70. The smallest absolute Gasteiger partial charge is 0.139 e. The third-order valence-corrected chi connectivity index (χ3v) is 6.70. The minimum Gasteiger partial charge on any atom is -0.497 e. The average Bonchev–Trinajstić information content (AvgIpc) is 3.04. The predicted molar refractivity (Wildman–Crippen MR) is 125 cm³/mol. The van der Waals surface area contributed by atoms with Crippen LogP contribution in [-0.2, 0) is 4.74 Å². The highest BCUT2D eigenvalue weighted by molar-refractivity contribution is 6.34. The molecule has 2 atom stereocenters. The summed E-state index contributed by atoms with van der Waals surface area (Å²) in [6, 6.07) is 4.55. The van der Waals surface area contributed by atoms with E-state index in [-0.39, 0.29) is 5.41 Å². The first-order chi connectivity index (χ1) is 13.3. The van der Waals surface area contributed by atoms with E-state index in [1.807, 2.05) is 0 Å². The van der Waals surface area contributed by atoms with Crippen molar-refractivity contribution in [3.05, 3.63) is 70.5 Å². The summed E-state index contributed by atoms with van der Waals surface area (Å²) in [6.07, 6.45) is 14.8. The van der Waals surface area contributed by atoms with Crippen molar-refractivity contribution < 1.29 is 4.74 Å². The fraction of sp³-hybridized carbons (Fsp3) is 0.462. The lowest BCUT2D eigenvalue weighted by Gasteiger charge is -2.29. The maximum atomic E-state index is 5.95. The fourth-order valence-electron chi connectivity index (χ4n) is 4.45. The Kier molecular flexibility index (Phi) is 6.38. The molecule has 2 heteroatoms. The van der Waals surface area contributed by atoms with Crippen molar-refractivity contribution in [2.24, 2.45) is 11.3 Å². The SMILES string of the molecule is Bc1c(C)cc(/C=C/CC(=C)C(CCC)C2=CCC3(C)CCOC3=C2)cc1C. The van der Waals surface area contributed by atoms with E-state index in [2.05, 4.69) is 78.6 Å². The molecular weight excluding hydrogens is 339 g/mol. The second-order valence-corrected chi connectivity index (χ2v) is 8.96. The molecular formula is C26H35BO. The van der Waals surface area contributed by atoms with Gasteiger partial charge in [-0.25, -0.2) is 0 Å². The maximum absolute atomic E-state index is 5.95. The number of ether oxygens (including phenoxy) is 1. The summed E-state index contributed by atoms with van der Waals surface area (Å²) in [5.74, 6) is 1.62. The van der Waals surface area contributed by atoms with Crippen LogP contribution in [-0.4, -0.2) is 14.5 Å². The number of hydrogen-bond donors (Lipinski definition) is 0. The van der Waals surface area contributed by atoms with Gasteiger partial charge in [-0.1, -0.05) is 79.4 Å². The molecule has 3 rings (SSSR count). The zero-order chi connectivity index (χ0) is 20.3. The molecule has 0 aromatic heterocycles. The minimum absolute atomic E-state index is 0.225. The molecule has 1 aliphatic carbocycles. The number of benzene rings is 1. The molecule has 1 aromatic rings. The van der Waals surface area contributed by atoms with Crippen LogP contribution < -0.4 is 5.46 Å². The second kappa shape index (κ2) is 8.60. The molecule has 1 aromatic carbocycles. The molecule has 0 N–H and O–H groups in total. The molecule has 0 saturated carbocycles. The van der Waals surface area contributed by atoms with Crippen LogP contribution in [0.3, 0.4) is 0 Å². The molecule has 1 nitrogen and oxygen atoms in total. The normalized spacial score (nSPS) is 22.4. The van der Waals surface area contributed by atoms with Crippen molar-refractivity contribution in [1.82, 2.24) is 0 Å². The van der Waals surface area contributed by atoms with Crippen molar-refractivity contribution in [1.29, 1.82) is 0 Å². The summed E-state index contributed by atoms with van der Waals surface area (Å²) in [5.41, 5.74) is 8.35. The minimum atomic E-state index is 0.225. The molecule has 0 spiro atoms. The third-order valence-electron chi connectivity index (χ3n) is 6.70. The van der Waals surface area contributed by atoms with E-state index in [4.69, 9.17) is 4.74 Å². The summed E-state index contributed by atoms with van der Waals surface area (Å²) < 4.78 is 5.95. The van der Waals surface area contributed by atoms with Crippen LogP contribution in [0.15, 0.2) is 53.8 Å². The monoisotopic (exact) mass is 374 g/mol. The van der Waals surface area contributed by atoms with E-state index in [1.54, 1.807) is 0 Å². The highest BCUT2D eigenvalue weighted by Gasteiger charge is 2.38. The lowest BCUT2D eigenvalue weighted by Crippen LogP contribution is -2.19. The van der Waals surface area contributed by atoms with Gasteiger partial charge in [-0.2, -0.15) is 0 Å².